The van der Waals surface area contributed by atoms with Crippen LogP contribution in [-0.2, 0) is 16.0 Å². The number of carbonyl (C=O) groups excluding carboxylic acids is 2. The van der Waals surface area contributed by atoms with E-state index in [0.29, 0.717) is 6.54 Å². The van der Waals surface area contributed by atoms with Gasteiger partial charge in [0.15, 0.2) is 0 Å². The van der Waals surface area contributed by atoms with Crippen LogP contribution in [0.4, 0.5) is 11.4 Å². The zero-order valence-corrected chi connectivity index (χ0v) is 14.6. The molecule has 1 N–H and O–H groups in total. The SMILES string of the molecule is CC(=O)N1CCc2cc(NC(=O)[C@@H](C)Sc3ccccc3)ccc21. The molecule has 1 heterocycles. The van der Waals surface area contributed by atoms with Crippen molar-refractivity contribution >= 4 is 35.0 Å². The summed E-state index contributed by atoms with van der Waals surface area (Å²) >= 11 is 1.54. The molecule has 4 nitrogen and oxygen atoms in total. The Bertz CT molecular complexity index is 761. The van der Waals surface area contributed by atoms with Crippen LogP contribution in [0.2, 0.25) is 0 Å². The highest BCUT2D eigenvalue weighted by Crippen LogP contribution is 2.31. The first kappa shape index (κ1) is 16.6. The van der Waals surface area contributed by atoms with Gasteiger partial charge in [-0.3, -0.25) is 9.59 Å². The van der Waals surface area contributed by atoms with Gasteiger partial charge in [0.05, 0.1) is 5.25 Å². The van der Waals surface area contributed by atoms with E-state index in [4.69, 9.17) is 0 Å². The number of hydrogen-bond donors (Lipinski definition) is 1. The second kappa shape index (κ2) is 7.09. The van der Waals surface area contributed by atoms with Crippen LogP contribution in [0, 0.1) is 0 Å². The maximum Gasteiger partial charge on any atom is 0.237 e. The summed E-state index contributed by atoms with van der Waals surface area (Å²) in [6.07, 6.45) is 0.826. The van der Waals surface area contributed by atoms with Crippen molar-refractivity contribution in [2.75, 3.05) is 16.8 Å². The van der Waals surface area contributed by atoms with Crippen LogP contribution in [0.15, 0.2) is 53.4 Å². The topological polar surface area (TPSA) is 49.4 Å². The predicted molar refractivity (Wildman–Crippen MR) is 98.6 cm³/mol. The molecule has 0 fully saturated rings. The number of nitrogens with one attached hydrogen (secondary N) is 1. The van der Waals surface area contributed by atoms with Gasteiger partial charge in [0.2, 0.25) is 11.8 Å². The van der Waals surface area contributed by atoms with E-state index in [0.717, 1.165) is 28.3 Å². The summed E-state index contributed by atoms with van der Waals surface area (Å²) in [4.78, 5) is 26.8. The van der Waals surface area contributed by atoms with Crippen LogP contribution in [0.5, 0.6) is 0 Å². The van der Waals surface area contributed by atoms with Crippen molar-refractivity contribution < 1.29 is 9.59 Å². The highest BCUT2D eigenvalue weighted by Gasteiger charge is 2.23. The van der Waals surface area contributed by atoms with E-state index < -0.39 is 0 Å². The zero-order chi connectivity index (χ0) is 17.1. The van der Waals surface area contributed by atoms with Crippen molar-refractivity contribution in [2.45, 2.75) is 30.4 Å². The molecule has 2 aromatic rings. The third-order valence-corrected chi connectivity index (χ3v) is 5.16. The van der Waals surface area contributed by atoms with Gasteiger partial charge in [-0.2, -0.15) is 0 Å². The Morgan fingerprint density at radius 3 is 2.62 bits per heavy atom. The Labute approximate surface area is 146 Å². The van der Waals surface area contributed by atoms with Gasteiger partial charge in [0.25, 0.3) is 0 Å². The summed E-state index contributed by atoms with van der Waals surface area (Å²) in [6.45, 7) is 4.19. The Hall–Kier alpha value is -2.27. The minimum atomic E-state index is -0.186. The minimum Gasteiger partial charge on any atom is -0.325 e. The first-order valence-electron chi connectivity index (χ1n) is 7.98. The fraction of sp³-hybridized carbons (Fsp3) is 0.263. The number of amides is 2. The summed E-state index contributed by atoms with van der Waals surface area (Å²) in [5.74, 6) is 0.0312. The Morgan fingerprint density at radius 1 is 1.17 bits per heavy atom. The normalized spacial score (nSPS) is 14.2. The molecule has 1 atom stereocenters. The van der Waals surface area contributed by atoms with Crippen LogP contribution in [0.1, 0.15) is 19.4 Å². The lowest BCUT2D eigenvalue weighted by atomic mass is 10.1. The quantitative estimate of drug-likeness (QED) is 0.863. The van der Waals surface area contributed by atoms with Gasteiger partial charge < -0.3 is 10.2 Å². The molecule has 0 spiro atoms. The summed E-state index contributed by atoms with van der Waals surface area (Å²) in [5.41, 5.74) is 2.84. The van der Waals surface area contributed by atoms with E-state index in [-0.39, 0.29) is 17.1 Å². The monoisotopic (exact) mass is 340 g/mol. The largest absolute Gasteiger partial charge is 0.325 e. The van der Waals surface area contributed by atoms with Gasteiger partial charge in [0, 0.05) is 29.7 Å². The van der Waals surface area contributed by atoms with Gasteiger partial charge >= 0.3 is 0 Å². The van der Waals surface area contributed by atoms with E-state index in [2.05, 4.69) is 5.32 Å². The molecule has 3 rings (SSSR count). The van der Waals surface area contributed by atoms with E-state index in [1.54, 1.807) is 11.8 Å². The van der Waals surface area contributed by atoms with Crippen molar-refractivity contribution in [3.8, 4) is 0 Å². The van der Waals surface area contributed by atoms with Crippen LogP contribution in [-0.4, -0.2) is 23.6 Å². The molecule has 2 aromatic carbocycles. The van der Waals surface area contributed by atoms with Gasteiger partial charge in [-0.05, 0) is 49.2 Å². The van der Waals surface area contributed by atoms with E-state index >= 15 is 0 Å². The van der Waals surface area contributed by atoms with Crippen molar-refractivity contribution in [3.63, 3.8) is 0 Å². The molecule has 5 heteroatoms. The van der Waals surface area contributed by atoms with Crippen LogP contribution in [0.3, 0.4) is 0 Å². The van der Waals surface area contributed by atoms with Crippen molar-refractivity contribution in [3.05, 3.63) is 54.1 Å². The van der Waals surface area contributed by atoms with E-state index in [1.807, 2.05) is 55.5 Å². The van der Waals surface area contributed by atoms with Crippen LogP contribution in [0.25, 0.3) is 0 Å². The van der Waals surface area contributed by atoms with Gasteiger partial charge in [-0.1, -0.05) is 18.2 Å². The zero-order valence-electron chi connectivity index (χ0n) is 13.8. The smallest absolute Gasteiger partial charge is 0.237 e. The van der Waals surface area contributed by atoms with E-state index in [9.17, 15) is 9.59 Å². The molecule has 0 bridgehead atoms. The predicted octanol–water partition coefficient (Wildman–Crippen LogP) is 3.71. The second-order valence-corrected chi connectivity index (χ2v) is 7.24. The lowest BCUT2D eigenvalue weighted by molar-refractivity contribution is -0.116. The lowest BCUT2D eigenvalue weighted by Gasteiger charge is -2.16. The molecule has 1 aliphatic heterocycles. The Morgan fingerprint density at radius 2 is 1.92 bits per heavy atom. The number of nitrogens with zero attached hydrogens (tertiary/aromatic N) is 1. The summed E-state index contributed by atoms with van der Waals surface area (Å²) in [5, 5.41) is 2.79. The fourth-order valence-corrected chi connectivity index (χ4v) is 3.70. The molecule has 0 unspecified atom stereocenters. The molecular formula is C19H20N2O2S. The lowest BCUT2D eigenvalue weighted by Crippen LogP contribution is -2.25. The Kier molecular flexibility index (Phi) is 4.90. The second-order valence-electron chi connectivity index (χ2n) is 5.83. The number of fused-ring (bicyclic) bond motifs is 1. The summed E-state index contributed by atoms with van der Waals surface area (Å²) in [6, 6.07) is 15.6. The van der Waals surface area contributed by atoms with Crippen LogP contribution >= 0.6 is 11.8 Å². The third kappa shape index (κ3) is 3.62. The van der Waals surface area contributed by atoms with Crippen molar-refractivity contribution in [1.29, 1.82) is 0 Å². The summed E-state index contributed by atoms with van der Waals surface area (Å²) in [7, 11) is 0. The summed E-state index contributed by atoms with van der Waals surface area (Å²) < 4.78 is 0. The molecule has 24 heavy (non-hydrogen) atoms. The van der Waals surface area contributed by atoms with Gasteiger partial charge in [-0.15, -0.1) is 11.8 Å². The average Bonchev–Trinajstić information content (AvgIpc) is 2.99. The number of anilines is 2. The number of carbonyl (C=O) groups is 2. The number of rotatable bonds is 4. The fourth-order valence-electron chi connectivity index (χ4n) is 2.81. The molecule has 0 aliphatic carbocycles. The minimum absolute atomic E-state index is 0.0229. The van der Waals surface area contributed by atoms with Crippen molar-refractivity contribution in [2.24, 2.45) is 0 Å². The molecule has 2 amide bonds. The highest BCUT2D eigenvalue weighted by atomic mass is 32.2. The number of thioether (sulfide) groups is 1. The van der Waals surface area contributed by atoms with Crippen molar-refractivity contribution in [1.82, 2.24) is 0 Å². The molecule has 0 aromatic heterocycles. The number of hydrogen-bond acceptors (Lipinski definition) is 3. The standard InChI is InChI=1S/C19H20N2O2S/c1-13(24-17-6-4-3-5-7-17)19(23)20-16-8-9-18-15(12-16)10-11-21(18)14(2)22/h3-9,12-13H,10-11H2,1-2H3,(H,20,23)/t13-/m1/s1. The molecule has 0 saturated heterocycles. The molecule has 1 aliphatic rings. The van der Waals surface area contributed by atoms with Gasteiger partial charge in [0.1, 0.15) is 0 Å². The maximum absolute atomic E-state index is 12.4. The first-order chi connectivity index (χ1) is 11.5. The Balaban J connectivity index is 1.66. The highest BCUT2D eigenvalue weighted by molar-refractivity contribution is 8.00. The molecular weight excluding hydrogens is 320 g/mol. The molecule has 124 valence electrons. The van der Waals surface area contributed by atoms with E-state index in [1.165, 1.54) is 11.8 Å². The third-order valence-electron chi connectivity index (χ3n) is 4.05. The maximum atomic E-state index is 12.4. The first-order valence-corrected chi connectivity index (χ1v) is 8.86. The number of benzene rings is 2. The average molecular weight is 340 g/mol. The molecule has 0 radical (unpaired) electrons. The molecule has 0 saturated carbocycles. The van der Waals surface area contributed by atoms with Gasteiger partial charge in [-0.25, -0.2) is 0 Å². The van der Waals surface area contributed by atoms with Crippen LogP contribution < -0.4 is 10.2 Å².